The van der Waals surface area contributed by atoms with Crippen LogP contribution in [0.3, 0.4) is 0 Å². The molecule has 2 heterocycles. The highest BCUT2D eigenvalue weighted by Crippen LogP contribution is 2.45. The smallest absolute Gasteiger partial charge is 0.318 e. The van der Waals surface area contributed by atoms with E-state index in [2.05, 4.69) is 4.90 Å². The summed E-state index contributed by atoms with van der Waals surface area (Å²) in [7, 11) is 1.90. The second kappa shape index (κ2) is 2.85. The number of nitrogens with two attached hydrogens (primary N) is 1. The van der Waals surface area contributed by atoms with E-state index in [-0.39, 0.29) is 24.9 Å². The van der Waals surface area contributed by atoms with Crippen LogP contribution in [0, 0.1) is 0 Å². The number of alkyl halides is 3. The molecule has 2 rings (SSSR count). The molecule has 1 unspecified atom stereocenters. The van der Waals surface area contributed by atoms with Gasteiger partial charge in [-0.3, -0.25) is 0 Å². The summed E-state index contributed by atoms with van der Waals surface area (Å²) in [6.07, 6.45) is -2.42. The Bertz CT molecular complexity index is 225. The summed E-state index contributed by atoms with van der Waals surface area (Å²) in [5.74, 6) is 0. The molecule has 0 amide bonds. The number of hydrogen-bond acceptors (Lipinski definition) is 2. The third kappa shape index (κ3) is 1.34. The van der Waals surface area contributed by atoms with Gasteiger partial charge in [-0.1, -0.05) is 0 Å². The van der Waals surface area contributed by atoms with E-state index in [0.717, 1.165) is 12.8 Å². The van der Waals surface area contributed by atoms with Gasteiger partial charge >= 0.3 is 6.18 Å². The van der Waals surface area contributed by atoms with Crippen LogP contribution in [0.2, 0.25) is 0 Å². The summed E-state index contributed by atoms with van der Waals surface area (Å²) in [5.41, 5.74) is 3.53. The van der Waals surface area contributed by atoms with Crippen LogP contribution in [0.5, 0.6) is 0 Å². The summed E-state index contributed by atoms with van der Waals surface area (Å²) >= 11 is 0. The molecule has 0 aromatic rings. The highest BCUT2D eigenvalue weighted by atomic mass is 19.4. The van der Waals surface area contributed by atoms with Gasteiger partial charge in [-0.2, -0.15) is 13.2 Å². The summed E-state index contributed by atoms with van der Waals surface area (Å²) in [5, 5.41) is 0. The van der Waals surface area contributed by atoms with Gasteiger partial charge in [-0.25, -0.2) is 0 Å². The van der Waals surface area contributed by atoms with E-state index in [1.54, 1.807) is 0 Å². The first-order chi connectivity index (χ1) is 6.33. The number of piperidine rings is 1. The average molecular weight is 208 g/mol. The van der Waals surface area contributed by atoms with E-state index in [1.807, 2.05) is 7.05 Å². The molecule has 5 heteroatoms. The summed E-state index contributed by atoms with van der Waals surface area (Å²) in [4.78, 5) is 2.05. The topological polar surface area (TPSA) is 29.3 Å². The molecule has 0 radical (unpaired) electrons. The van der Waals surface area contributed by atoms with Crippen molar-refractivity contribution in [3.63, 3.8) is 0 Å². The van der Waals surface area contributed by atoms with Gasteiger partial charge in [0.15, 0.2) is 0 Å². The van der Waals surface area contributed by atoms with Gasteiger partial charge in [0.2, 0.25) is 0 Å². The quantitative estimate of drug-likeness (QED) is 0.653. The Morgan fingerprint density at radius 3 is 2.00 bits per heavy atom. The lowest BCUT2D eigenvalue weighted by Crippen LogP contribution is -2.62. The molecule has 0 aromatic heterocycles. The number of hydrogen-bond donors (Lipinski definition) is 1. The lowest BCUT2D eigenvalue weighted by molar-refractivity contribution is -0.202. The number of halogens is 3. The molecule has 14 heavy (non-hydrogen) atoms. The van der Waals surface area contributed by atoms with Gasteiger partial charge in [0, 0.05) is 12.1 Å². The zero-order valence-corrected chi connectivity index (χ0v) is 8.14. The summed E-state index contributed by atoms with van der Waals surface area (Å²) < 4.78 is 38.1. The Kier molecular flexibility index (Phi) is 2.09. The average Bonchev–Trinajstić information content (AvgIpc) is 2.32. The standard InChI is InChI=1S/C9H15F3N2/c1-14-6-2-3-7(14)5-8(13,4-6)9(10,11)12/h6-7H,2-5,13H2,1H3/t6-,7+,8?. The van der Waals surface area contributed by atoms with E-state index < -0.39 is 11.7 Å². The van der Waals surface area contributed by atoms with Crippen molar-refractivity contribution in [3.05, 3.63) is 0 Å². The Balaban J connectivity index is 2.20. The number of nitrogens with zero attached hydrogens (tertiary/aromatic N) is 1. The Labute approximate surface area is 81.2 Å². The zero-order valence-electron chi connectivity index (χ0n) is 8.14. The van der Waals surface area contributed by atoms with E-state index in [4.69, 9.17) is 5.73 Å². The van der Waals surface area contributed by atoms with Crippen molar-refractivity contribution in [2.45, 2.75) is 49.5 Å². The number of rotatable bonds is 0. The van der Waals surface area contributed by atoms with Crippen molar-refractivity contribution in [3.8, 4) is 0 Å². The van der Waals surface area contributed by atoms with Crippen LogP contribution in [-0.4, -0.2) is 35.7 Å². The molecule has 2 aliphatic heterocycles. The van der Waals surface area contributed by atoms with Crippen LogP contribution in [0.1, 0.15) is 25.7 Å². The molecule has 0 spiro atoms. The minimum atomic E-state index is -4.25. The minimum absolute atomic E-state index is 0.0281. The van der Waals surface area contributed by atoms with E-state index in [1.165, 1.54) is 0 Å². The van der Waals surface area contributed by atoms with Crippen LogP contribution < -0.4 is 5.73 Å². The molecular weight excluding hydrogens is 193 g/mol. The molecule has 0 saturated carbocycles. The fourth-order valence-corrected chi connectivity index (χ4v) is 2.74. The van der Waals surface area contributed by atoms with E-state index >= 15 is 0 Å². The minimum Gasteiger partial charge on any atom is -0.318 e. The highest BCUT2D eigenvalue weighted by molar-refractivity contribution is 5.06. The van der Waals surface area contributed by atoms with Crippen LogP contribution in [-0.2, 0) is 0 Å². The molecule has 82 valence electrons. The molecule has 2 saturated heterocycles. The Morgan fingerprint density at radius 2 is 1.64 bits per heavy atom. The lowest BCUT2D eigenvalue weighted by Gasteiger charge is -2.43. The predicted molar refractivity (Wildman–Crippen MR) is 46.8 cm³/mol. The van der Waals surface area contributed by atoms with Gasteiger partial charge in [0.1, 0.15) is 5.54 Å². The first kappa shape index (κ1) is 10.2. The molecule has 2 nitrogen and oxygen atoms in total. The molecule has 3 atom stereocenters. The third-order valence-corrected chi connectivity index (χ3v) is 3.75. The molecule has 0 aromatic carbocycles. The molecular formula is C9H15F3N2. The van der Waals surface area contributed by atoms with Crippen molar-refractivity contribution in [1.82, 2.24) is 4.90 Å². The van der Waals surface area contributed by atoms with Gasteiger partial charge in [-0.05, 0) is 32.7 Å². The molecule has 0 aliphatic carbocycles. The largest absolute Gasteiger partial charge is 0.406 e. The lowest BCUT2D eigenvalue weighted by atomic mass is 9.83. The maximum atomic E-state index is 12.7. The normalized spacial score (nSPS) is 44.4. The van der Waals surface area contributed by atoms with Gasteiger partial charge in [-0.15, -0.1) is 0 Å². The zero-order chi connectivity index (χ0) is 10.6. The van der Waals surface area contributed by atoms with Crippen LogP contribution in [0.15, 0.2) is 0 Å². The first-order valence-corrected chi connectivity index (χ1v) is 4.91. The summed E-state index contributed by atoms with van der Waals surface area (Å²) in [6.45, 7) is 0. The second-order valence-corrected chi connectivity index (χ2v) is 4.61. The Hall–Kier alpha value is -0.290. The maximum absolute atomic E-state index is 12.7. The fraction of sp³-hybridized carbons (Fsp3) is 1.00. The SMILES string of the molecule is CN1[C@@H]2CC[C@H]1CC(N)(C(F)(F)F)C2. The molecule has 2 bridgehead atoms. The predicted octanol–water partition coefficient (Wildman–Crippen LogP) is 1.50. The van der Waals surface area contributed by atoms with Crippen LogP contribution in [0.4, 0.5) is 13.2 Å². The van der Waals surface area contributed by atoms with Crippen molar-refractivity contribution in [1.29, 1.82) is 0 Å². The maximum Gasteiger partial charge on any atom is 0.406 e. The second-order valence-electron chi connectivity index (χ2n) is 4.61. The first-order valence-electron chi connectivity index (χ1n) is 4.91. The third-order valence-electron chi connectivity index (χ3n) is 3.75. The van der Waals surface area contributed by atoms with Gasteiger partial charge in [0.25, 0.3) is 0 Å². The molecule has 2 N–H and O–H groups in total. The van der Waals surface area contributed by atoms with Crippen molar-refractivity contribution in [2.24, 2.45) is 5.73 Å². The summed E-state index contributed by atoms with van der Waals surface area (Å²) in [6, 6.07) is 0.0562. The van der Waals surface area contributed by atoms with Gasteiger partial charge < -0.3 is 10.6 Å². The Morgan fingerprint density at radius 1 is 1.21 bits per heavy atom. The molecule has 2 aliphatic rings. The number of fused-ring (bicyclic) bond motifs is 2. The van der Waals surface area contributed by atoms with Crippen LogP contribution in [0.25, 0.3) is 0 Å². The van der Waals surface area contributed by atoms with Crippen molar-refractivity contribution in [2.75, 3.05) is 7.05 Å². The monoisotopic (exact) mass is 208 g/mol. The van der Waals surface area contributed by atoms with E-state index in [0.29, 0.717) is 0 Å². The van der Waals surface area contributed by atoms with Crippen molar-refractivity contribution >= 4 is 0 Å². The van der Waals surface area contributed by atoms with E-state index in [9.17, 15) is 13.2 Å². The fourth-order valence-electron chi connectivity index (χ4n) is 2.74. The highest BCUT2D eigenvalue weighted by Gasteiger charge is 2.58. The molecule has 2 fully saturated rings. The van der Waals surface area contributed by atoms with Crippen LogP contribution >= 0.6 is 0 Å². The van der Waals surface area contributed by atoms with Crippen molar-refractivity contribution < 1.29 is 13.2 Å². The van der Waals surface area contributed by atoms with Gasteiger partial charge in [0.05, 0.1) is 0 Å².